The Morgan fingerprint density at radius 2 is 1.87 bits per heavy atom. The van der Waals surface area contributed by atoms with Crippen molar-refractivity contribution in [1.82, 2.24) is 30.4 Å². The summed E-state index contributed by atoms with van der Waals surface area (Å²) in [7, 11) is 2.00. The summed E-state index contributed by atoms with van der Waals surface area (Å²) in [6.45, 7) is 2.74. The molecule has 0 spiro atoms. The number of ether oxygens (including phenoxy) is 1. The van der Waals surface area contributed by atoms with Gasteiger partial charge in [-0.25, -0.2) is 0 Å². The molecule has 0 radical (unpaired) electrons. The van der Waals surface area contributed by atoms with Gasteiger partial charge in [0, 0.05) is 36.3 Å². The van der Waals surface area contributed by atoms with Gasteiger partial charge in [-0.2, -0.15) is 0 Å². The number of pyridine rings is 1. The molecule has 0 unspecified atom stereocenters. The van der Waals surface area contributed by atoms with E-state index in [4.69, 9.17) is 4.74 Å². The summed E-state index contributed by atoms with van der Waals surface area (Å²) in [5.74, 6) is 1.54. The fourth-order valence-electron chi connectivity index (χ4n) is 5.51. The van der Waals surface area contributed by atoms with Gasteiger partial charge in [0.05, 0.1) is 19.3 Å². The van der Waals surface area contributed by atoms with E-state index in [-0.39, 0.29) is 11.9 Å². The Bertz CT molecular complexity index is 1430. The molecular formula is C29H31N7O2. The molecule has 6 rings (SSSR count). The minimum absolute atomic E-state index is 0.128. The van der Waals surface area contributed by atoms with E-state index in [0.717, 1.165) is 60.0 Å². The number of nitrogens with one attached hydrogen (secondary N) is 3. The normalized spacial score (nSPS) is 18.4. The summed E-state index contributed by atoms with van der Waals surface area (Å²) in [6, 6.07) is 19.5. The molecule has 0 saturated carbocycles. The van der Waals surface area contributed by atoms with E-state index < -0.39 is 5.54 Å². The van der Waals surface area contributed by atoms with Gasteiger partial charge in [-0.1, -0.05) is 30.3 Å². The standard InChI is InChI=1S/C29H31N7O2/c1-36-26(20-9-13-30-14-10-20)34-35-28(36)29(11-15-31-16-12-29)33-23-7-4-6-21(17-23)27(37)32-25-19-38-18-22-5-2-3-8-24(22)25/h2-10,13-14,17,25,31,33H,11-12,15-16,18-19H2,1H3,(H,32,37)/t25-/m0/s1. The zero-order valence-electron chi connectivity index (χ0n) is 21.4. The number of carbonyl (C=O) groups is 1. The van der Waals surface area contributed by atoms with Crippen LogP contribution >= 0.6 is 0 Å². The molecule has 1 fully saturated rings. The van der Waals surface area contributed by atoms with E-state index in [2.05, 4.69) is 41.8 Å². The first kappa shape index (κ1) is 24.3. The van der Waals surface area contributed by atoms with Gasteiger partial charge in [0.25, 0.3) is 5.91 Å². The number of anilines is 1. The number of piperidine rings is 1. The fraction of sp³-hybridized carbons (Fsp3) is 0.310. The molecule has 0 bridgehead atoms. The van der Waals surface area contributed by atoms with Crippen molar-refractivity contribution in [1.29, 1.82) is 0 Å². The molecule has 4 heterocycles. The molecule has 4 aromatic rings. The number of amides is 1. The second kappa shape index (κ2) is 10.4. The maximum atomic E-state index is 13.3. The van der Waals surface area contributed by atoms with Crippen LogP contribution in [0, 0.1) is 0 Å². The van der Waals surface area contributed by atoms with E-state index in [1.54, 1.807) is 12.4 Å². The van der Waals surface area contributed by atoms with Gasteiger partial charge in [0.15, 0.2) is 11.6 Å². The van der Waals surface area contributed by atoms with Crippen LogP contribution in [0.25, 0.3) is 11.4 Å². The van der Waals surface area contributed by atoms with E-state index in [1.165, 1.54) is 0 Å². The van der Waals surface area contributed by atoms with Gasteiger partial charge in [0.2, 0.25) is 0 Å². The van der Waals surface area contributed by atoms with Crippen LogP contribution in [0.15, 0.2) is 73.1 Å². The number of nitrogens with zero attached hydrogens (tertiary/aromatic N) is 4. The molecule has 2 aromatic carbocycles. The van der Waals surface area contributed by atoms with Crippen LogP contribution in [0.2, 0.25) is 0 Å². The van der Waals surface area contributed by atoms with Crippen LogP contribution in [-0.4, -0.2) is 45.4 Å². The van der Waals surface area contributed by atoms with E-state index in [0.29, 0.717) is 18.8 Å². The quantitative estimate of drug-likeness (QED) is 0.365. The van der Waals surface area contributed by atoms with Crippen molar-refractivity contribution in [2.45, 2.75) is 31.0 Å². The minimum Gasteiger partial charge on any atom is -0.374 e. The molecule has 1 amide bonds. The summed E-state index contributed by atoms with van der Waals surface area (Å²) in [5, 5.41) is 19.5. The summed E-state index contributed by atoms with van der Waals surface area (Å²) in [5.41, 5.74) is 4.23. The van der Waals surface area contributed by atoms with E-state index in [9.17, 15) is 4.79 Å². The maximum absolute atomic E-state index is 13.3. The van der Waals surface area contributed by atoms with Crippen molar-refractivity contribution in [3.63, 3.8) is 0 Å². The Balaban J connectivity index is 1.26. The summed E-state index contributed by atoms with van der Waals surface area (Å²) >= 11 is 0. The molecule has 9 nitrogen and oxygen atoms in total. The zero-order chi connectivity index (χ0) is 26.0. The monoisotopic (exact) mass is 509 g/mol. The lowest BCUT2D eigenvalue weighted by Crippen LogP contribution is -2.47. The average Bonchev–Trinajstić information content (AvgIpc) is 3.36. The smallest absolute Gasteiger partial charge is 0.251 e. The van der Waals surface area contributed by atoms with Gasteiger partial charge in [-0.15, -0.1) is 10.2 Å². The van der Waals surface area contributed by atoms with Crippen molar-refractivity contribution >= 4 is 11.6 Å². The topological polar surface area (TPSA) is 106 Å². The van der Waals surface area contributed by atoms with Crippen LogP contribution in [-0.2, 0) is 23.9 Å². The van der Waals surface area contributed by atoms with Crippen LogP contribution in [0.4, 0.5) is 5.69 Å². The second-order valence-corrected chi connectivity index (χ2v) is 9.92. The Labute approximate surface area is 221 Å². The van der Waals surface area contributed by atoms with Crippen molar-refractivity contribution < 1.29 is 9.53 Å². The lowest BCUT2D eigenvalue weighted by molar-refractivity contribution is 0.0708. The lowest BCUT2D eigenvalue weighted by atomic mass is 9.86. The van der Waals surface area contributed by atoms with Crippen LogP contribution in [0.3, 0.4) is 0 Å². The Morgan fingerprint density at radius 1 is 1.05 bits per heavy atom. The summed E-state index contributed by atoms with van der Waals surface area (Å²) < 4.78 is 7.79. The Morgan fingerprint density at radius 3 is 2.71 bits per heavy atom. The average molecular weight is 510 g/mol. The lowest BCUT2D eigenvalue weighted by Gasteiger charge is -2.38. The number of hydrogen-bond donors (Lipinski definition) is 3. The van der Waals surface area contributed by atoms with E-state index in [1.807, 2.05) is 61.6 Å². The molecule has 1 saturated heterocycles. The number of aromatic nitrogens is 4. The predicted molar refractivity (Wildman–Crippen MR) is 144 cm³/mol. The Kier molecular flexibility index (Phi) is 6.61. The van der Waals surface area contributed by atoms with Crippen LogP contribution < -0.4 is 16.0 Å². The number of hydrogen-bond acceptors (Lipinski definition) is 7. The second-order valence-electron chi connectivity index (χ2n) is 9.92. The molecule has 1 atom stereocenters. The molecular weight excluding hydrogens is 478 g/mol. The predicted octanol–water partition coefficient (Wildman–Crippen LogP) is 3.57. The molecule has 0 aliphatic carbocycles. The van der Waals surface area contributed by atoms with Gasteiger partial charge in [-0.05, 0) is 67.4 Å². The summed E-state index contributed by atoms with van der Waals surface area (Å²) in [4.78, 5) is 17.4. The van der Waals surface area contributed by atoms with Gasteiger partial charge >= 0.3 is 0 Å². The van der Waals surface area contributed by atoms with Crippen molar-refractivity contribution in [2.24, 2.45) is 7.05 Å². The minimum atomic E-state index is -0.427. The largest absolute Gasteiger partial charge is 0.374 e. The molecule has 3 N–H and O–H groups in total. The molecule has 2 aromatic heterocycles. The van der Waals surface area contributed by atoms with Crippen LogP contribution in [0.1, 0.15) is 46.2 Å². The number of carbonyl (C=O) groups excluding carboxylic acids is 1. The third-order valence-electron chi connectivity index (χ3n) is 7.48. The van der Waals surface area contributed by atoms with E-state index >= 15 is 0 Å². The third-order valence-corrected chi connectivity index (χ3v) is 7.48. The van der Waals surface area contributed by atoms with Gasteiger partial charge < -0.3 is 25.3 Å². The van der Waals surface area contributed by atoms with Crippen molar-refractivity contribution in [3.05, 3.63) is 95.6 Å². The first-order valence-corrected chi connectivity index (χ1v) is 13.0. The third kappa shape index (κ3) is 4.66. The highest BCUT2D eigenvalue weighted by Crippen LogP contribution is 2.35. The molecule has 9 heteroatoms. The SMILES string of the molecule is Cn1c(-c2ccncc2)nnc1C1(Nc2cccc(C(=O)N[C@H]3COCc4ccccc43)c2)CCNCC1. The molecule has 2 aliphatic rings. The van der Waals surface area contributed by atoms with Crippen LogP contribution in [0.5, 0.6) is 0 Å². The van der Waals surface area contributed by atoms with Crippen molar-refractivity contribution in [2.75, 3.05) is 25.0 Å². The summed E-state index contributed by atoms with van der Waals surface area (Å²) in [6.07, 6.45) is 5.19. The molecule has 2 aliphatic heterocycles. The highest BCUT2D eigenvalue weighted by atomic mass is 16.5. The number of benzene rings is 2. The maximum Gasteiger partial charge on any atom is 0.251 e. The molecule has 38 heavy (non-hydrogen) atoms. The van der Waals surface area contributed by atoms with Gasteiger partial charge in [0.1, 0.15) is 5.54 Å². The number of rotatable bonds is 6. The molecule has 194 valence electrons. The zero-order valence-corrected chi connectivity index (χ0v) is 21.4. The van der Waals surface area contributed by atoms with Crippen molar-refractivity contribution in [3.8, 4) is 11.4 Å². The first-order valence-electron chi connectivity index (χ1n) is 13.0. The highest BCUT2D eigenvalue weighted by molar-refractivity contribution is 5.95. The Hall–Kier alpha value is -4.08. The fourth-order valence-corrected chi connectivity index (χ4v) is 5.51. The highest BCUT2D eigenvalue weighted by Gasteiger charge is 2.39. The first-order chi connectivity index (χ1) is 18.6. The number of fused-ring (bicyclic) bond motifs is 1. The van der Waals surface area contributed by atoms with Gasteiger partial charge in [-0.3, -0.25) is 9.78 Å².